The molecule has 0 N–H and O–H groups in total. The van der Waals surface area contributed by atoms with E-state index in [-0.39, 0.29) is 11.9 Å². The Balaban J connectivity index is 1.90. The number of aryl methyl sites for hydroxylation is 1. The minimum atomic E-state index is -0.212. The minimum absolute atomic E-state index is 0.119. The second kappa shape index (κ2) is 8.71. The molecule has 1 atom stereocenters. The summed E-state index contributed by atoms with van der Waals surface area (Å²) in [5.74, 6) is -0.330. The molecule has 2 aromatic rings. The van der Waals surface area contributed by atoms with Gasteiger partial charge in [-0.25, -0.2) is 0 Å². The van der Waals surface area contributed by atoms with Gasteiger partial charge < -0.3 is 4.74 Å². The highest BCUT2D eigenvalue weighted by Crippen LogP contribution is 2.23. The summed E-state index contributed by atoms with van der Waals surface area (Å²) in [7, 11) is 0. The third-order valence-electron chi connectivity index (χ3n) is 4.37. The number of ether oxygens (including phenoxy) is 1. The maximum Gasteiger partial charge on any atom is 0.313 e. The van der Waals surface area contributed by atoms with Crippen LogP contribution in [0.3, 0.4) is 0 Å². The normalized spacial score (nSPS) is 12.3. The van der Waals surface area contributed by atoms with E-state index in [2.05, 4.69) is 44.2 Å². The standard InChI is InChI=1S/C21H28O2/c1-4-5-6-7-8-13-23-21(22)17(3)18-11-12-19-14-16(2)9-10-20(19)15-18/h9-12,14-15,17H,4-8,13H2,1-3H3. The van der Waals surface area contributed by atoms with Crippen LogP contribution >= 0.6 is 0 Å². The van der Waals surface area contributed by atoms with Crippen molar-refractivity contribution in [2.75, 3.05) is 6.61 Å². The fourth-order valence-electron chi connectivity index (χ4n) is 2.79. The predicted molar refractivity (Wildman–Crippen MR) is 96.8 cm³/mol. The molecule has 0 bridgehead atoms. The summed E-state index contributed by atoms with van der Waals surface area (Å²) in [4.78, 5) is 12.2. The first kappa shape index (κ1) is 17.5. The van der Waals surface area contributed by atoms with Gasteiger partial charge in [0.25, 0.3) is 0 Å². The molecule has 0 fully saturated rings. The lowest BCUT2D eigenvalue weighted by Crippen LogP contribution is -2.14. The second-order valence-electron chi connectivity index (χ2n) is 6.41. The SMILES string of the molecule is CCCCCCCOC(=O)C(C)c1ccc2cc(C)ccc2c1. The van der Waals surface area contributed by atoms with Crippen LogP contribution in [0.5, 0.6) is 0 Å². The van der Waals surface area contributed by atoms with Crippen LogP contribution in [0, 0.1) is 6.92 Å². The van der Waals surface area contributed by atoms with Gasteiger partial charge >= 0.3 is 5.97 Å². The van der Waals surface area contributed by atoms with Crippen molar-refractivity contribution in [3.63, 3.8) is 0 Å². The van der Waals surface area contributed by atoms with Crippen LogP contribution in [0.1, 0.15) is 63.0 Å². The van der Waals surface area contributed by atoms with Gasteiger partial charge in [0.2, 0.25) is 0 Å². The summed E-state index contributed by atoms with van der Waals surface area (Å²) in [5.41, 5.74) is 2.28. The van der Waals surface area contributed by atoms with Crippen LogP contribution in [-0.2, 0) is 9.53 Å². The molecule has 1 unspecified atom stereocenters. The van der Waals surface area contributed by atoms with E-state index in [1.165, 1.54) is 35.6 Å². The molecule has 0 aliphatic rings. The molecule has 0 radical (unpaired) electrons. The quantitative estimate of drug-likeness (QED) is 0.457. The van der Waals surface area contributed by atoms with E-state index in [1.807, 2.05) is 13.0 Å². The minimum Gasteiger partial charge on any atom is -0.465 e. The first-order chi connectivity index (χ1) is 11.1. The first-order valence-electron chi connectivity index (χ1n) is 8.78. The maximum atomic E-state index is 12.2. The Morgan fingerprint density at radius 2 is 1.70 bits per heavy atom. The van der Waals surface area contributed by atoms with Crippen molar-refractivity contribution in [3.05, 3.63) is 47.5 Å². The fraction of sp³-hybridized carbons (Fsp3) is 0.476. The van der Waals surface area contributed by atoms with Gasteiger partial charge in [0.1, 0.15) is 0 Å². The van der Waals surface area contributed by atoms with E-state index in [0.29, 0.717) is 6.61 Å². The van der Waals surface area contributed by atoms with Crippen molar-refractivity contribution < 1.29 is 9.53 Å². The van der Waals surface area contributed by atoms with Crippen LogP contribution in [-0.4, -0.2) is 12.6 Å². The monoisotopic (exact) mass is 312 g/mol. The highest BCUT2D eigenvalue weighted by atomic mass is 16.5. The lowest BCUT2D eigenvalue weighted by molar-refractivity contribution is -0.145. The zero-order valence-corrected chi connectivity index (χ0v) is 14.6. The molecule has 2 heteroatoms. The molecule has 0 aromatic heterocycles. The van der Waals surface area contributed by atoms with Crippen LogP contribution in [0.2, 0.25) is 0 Å². The number of carbonyl (C=O) groups excluding carboxylic acids is 1. The van der Waals surface area contributed by atoms with Gasteiger partial charge in [-0.05, 0) is 36.6 Å². The number of hydrogen-bond donors (Lipinski definition) is 0. The van der Waals surface area contributed by atoms with Crippen LogP contribution < -0.4 is 0 Å². The Hall–Kier alpha value is -1.83. The molecule has 0 saturated heterocycles. The molecular formula is C21H28O2. The summed E-state index contributed by atoms with van der Waals surface area (Å²) >= 11 is 0. The summed E-state index contributed by atoms with van der Waals surface area (Å²) in [6.45, 7) is 6.76. The maximum absolute atomic E-state index is 12.2. The largest absolute Gasteiger partial charge is 0.465 e. The highest BCUT2D eigenvalue weighted by molar-refractivity contribution is 5.86. The Morgan fingerprint density at radius 3 is 2.48 bits per heavy atom. The van der Waals surface area contributed by atoms with Crippen molar-refractivity contribution in [2.45, 2.75) is 58.8 Å². The van der Waals surface area contributed by atoms with Crippen LogP contribution in [0.25, 0.3) is 10.8 Å². The smallest absolute Gasteiger partial charge is 0.313 e. The highest BCUT2D eigenvalue weighted by Gasteiger charge is 2.16. The molecule has 0 saturated carbocycles. The average molecular weight is 312 g/mol. The van der Waals surface area contributed by atoms with Crippen LogP contribution in [0.4, 0.5) is 0 Å². The summed E-state index contributed by atoms with van der Waals surface area (Å²) in [5, 5.41) is 2.39. The molecule has 0 aliphatic carbocycles. The number of esters is 1. The van der Waals surface area contributed by atoms with Crippen molar-refractivity contribution in [1.29, 1.82) is 0 Å². The Labute approximate surface area is 139 Å². The van der Waals surface area contributed by atoms with E-state index >= 15 is 0 Å². The van der Waals surface area contributed by atoms with Gasteiger partial charge in [0, 0.05) is 0 Å². The van der Waals surface area contributed by atoms with E-state index in [4.69, 9.17) is 4.74 Å². The van der Waals surface area contributed by atoms with Gasteiger partial charge in [0.05, 0.1) is 12.5 Å². The van der Waals surface area contributed by atoms with Gasteiger partial charge in [-0.15, -0.1) is 0 Å². The average Bonchev–Trinajstić information content (AvgIpc) is 2.56. The first-order valence-corrected chi connectivity index (χ1v) is 8.78. The Bertz CT molecular complexity index is 645. The number of fused-ring (bicyclic) bond motifs is 1. The summed E-state index contributed by atoms with van der Waals surface area (Å²) in [6, 6.07) is 12.6. The van der Waals surface area contributed by atoms with Gasteiger partial charge in [-0.3, -0.25) is 4.79 Å². The van der Waals surface area contributed by atoms with Gasteiger partial charge in [0.15, 0.2) is 0 Å². The molecule has 0 aliphatic heterocycles. The molecule has 124 valence electrons. The van der Waals surface area contributed by atoms with Gasteiger partial charge in [-0.2, -0.15) is 0 Å². The van der Waals surface area contributed by atoms with E-state index in [0.717, 1.165) is 18.4 Å². The predicted octanol–water partition coefficient (Wildman–Crippen LogP) is 5.77. The summed E-state index contributed by atoms with van der Waals surface area (Å²) in [6.07, 6.45) is 5.84. The zero-order chi connectivity index (χ0) is 16.7. The number of rotatable bonds is 8. The molecule has 0 heterocycles. The molecule has 23 heavy (non-hydrogen) atoms. The Morgan fingerprint density at radius 1 is 1.00 bits per heavy atom. The van der Waals surface area contributed by atoms with E-state index in [1.54, 1.807) is 0 Å². The van der Waals surface area contributed by atoms with Crippen molar-refractivity contribution >= 4 is 16.7 Å². The van der Waals surface area contributed by atoms with Gasteiger partial charge in [-0.1, -0.05) is 74.6 Å². The van der Waals surface area contributed by atoms with E-state index < -0.39 is 0 Å². The lowest BCUT2D eigenvalue weighted by atomic mass is 9.97. The number of unbranched alkanes of at least 4 members (excludes halogenated alkanes) is 4. The molecular weight excluding hydrogens is 284 g/mol. The Kier molecular flexibility index (Phi) is 6.64. The fourth-order valence-corrected chi connectivity index (χ4v) is 2.79. The lowest BCUT2D eigenvalue weighted by Gasteiger charge is -2.13. The molecule has 2 nitrogen and oxygen atoms in total. The topological polar surface area (TPSA) is 26.3 Å². The van der Waals surface area contributed by atoms with Crippen molar-refractivity contribution in [3.8, 4) is 0 Å². The third kappa shape index (κ3) is 5.09. The summed E-state index contributed by atoms with van der Waals surface area (Å²) < 4.78 is 5.43. The molecule has 0 spiro atoms. The van der Waals surface area contributed by atoms with Crippen molar-refractivity contribution in [2.24, 2.45) is 0 Å². The third-order valence-corrected chi connectivity index (χ3v) is 4.37. The second-order valence-corrected chi connectivity index (χ2v) is 6.41. The molecule has 2 aromatic carbocycles. The molecule has 2 rings (SSSR count). The number of benzene rings is 2. The number of hydrogen-bond acceptors (Lipinski definition) is 2. The van der Waals surface area contributed by atoms with Crippen LogP contribution in [0.15, 0.2) is 36.4 Å². The zero-order valence-electron chi connectivity index (χ0n) is 14.6. The van der Waals surface area contributed by atoms with E-state index in [9.17, 15) is 4.79 Å². The number of carbonyl (C=O) groups is 1. The van der Waals surface area contributed by atoms with Crippen molar-refractivity contribution in [1.82, 2.24) is 0 Å². The molecule has 0 amide bonds.